The fraction of sp³-hybridized carbons (Fsp3) is 0.417. The van der Waals surface area contributed by atoms with Gasteiger partial charge in [0.2, 0.25) is 5.91 Å². The normalized spacial score (nSPS) is 15.8. The molecule has 2 amide bonds. The average Bonchev–Trinajstić information content (AvgIpc) is 3.21. The number of benzene rings is 1. The molecule has 1 N–H and O–H groups in total. The first-order valence-corrected chi connectivity index (χ1v) is 11.3. The first-order valence-electron chi connectivity index (χ1n) is 11.3. The third-order valence-electron chi connectivity index (χ3n) is 5.97. The van der Waals surface area contributed by atoms with Gasteiger partial charge in [-0.2, -0.15) is 5.10 Å². The topological polar surface area (TPSA) is 94.3 Å². The zero-order chi connectivity index (χ0) is 23.4. The van der Waals surface area contributed by atoms with Gasteiger partial charge in [0.05, 0.1) is 0 Å². The highest BCUT2D eigenvalue weighted by molar-refractivity contribution is 5.94. The Hall–Kier alpha value is -3.30. The summed E-state index contributed by atoms with van der Waals surface area (Å²) in [7, 11) is 2.03. The Balaban J connectivity index is 1.67. The van der Waals surface area contributed by atoms with Crippen LogP contribution in [0.4, 0.5) is 5.69 Å². The molecule has 2 aromatic heterocycles. The van der Waals surface area contributed by atoms with Crippen molar-refractivity contribution in [2.75, 3.05) is 44.7 Å². The molecule has 174 valence electrons. The van der Waals surface area contributed by atoms with Crippen LogP contribution in [-0.2, 0) is 17.8 Å². The summed E-state index contributed by atoms with van der Waals surface area (Å²) in [4.78, 5) is 36.1. The van der Waals surface area contributed by atoms with Crippen LogP contribution >= 0.6 is 0 Å². The van der Waals surface area contributed by atoms with Crippen molar-refractivity contribution in [3.63, 3.8) is 0 Å². The number of anilines is 1. The van der Waals surface area contributed by atoms with Crippen LogP contribution in [0.25, 0.3) is 5.65 Å². The molecule has 33 heavy (non-hydrogen) atoms. The number of nitrogens with zero attached hydrogens (tertiary/aromatic N) is 6. The van der Waals surface area contributed by atoms with Crippen molar-refractivity contribution in [2.24, 2.45) is 0 Å². The molecule has 0 radical (unpaired) electrons. The maximum Gasteiger partial charge on any atom is 0.274 e. The molecule has 0 bridgehead atoms. The van der Waals surface area contributed by atoms with Crippen molar-refractivity contribution in [2.45, 2.75) is 26.3 Å². The molecular formula is C24H30N6O3. The summed E-state index contributed by atoms with van der Waals surface area (Å²) in [6.07, 6.45) is 4.81. The largest absolute Gasteiger partial charge is 0.396 e. The number of rotatable bonds is 3. The van der Waals surface area contributed by atoms with Crippen LogP contribution in [0.3, 0.4) is 0 Å². The predicted octanol–water partition coefficient (Wildman–Crippen LogP) is 1.59. The standard InChI is InChI=1S/C24H30N6O3/c1-18(32)29-10-5-9-27(2)11-12-28(17-20-6-3-4-7-22(20)29)24(33)21-14-23-25-15-19(8-13-31)16-30(23)26-21/h3-4,6-7,14-16,31H,5,8-13,17H2,1-2H3. The molecular weight excluding hydrogens is 420 g/mol. The van der Waals surface area contributed by atoms with Gasteiger partial charge in [0.1, 0.15) is 0 Å². The number of hydrogen-bond acceptors (Lipinski definition) is 6. The van der Waals surface area contributed by atoms with Crippen LogP contribution in [0, 0.1) is 0 Å². The van der Waals surface area contributed by atoms with Crippen LogP contribution in [0.15, 0.2) is 42.7 Å². The highest BCUT2D eigenvalue weighted by Crippen LogP contribution is 2.24. The molecule has 0 fully saturated rings. The van der Waals surface area contributed by atoms with E-state index in [4.69, 9.17) is 0 Å². The number of aliphatic hydroxyl groups is 1. The Kier molecular flexibility index (Phi) is 7.00. The molecule has 0 spiro atoms. The van der Waals surface area contributed by atoms with Crippen LogP contribution in [-0.4, -0.2) is 81.2 Å². The maximum absolute atomic E-state index is 13.5. The number of carbonyl (C=O) groups is 2. The smallest absolute Gasteiger partial charge is 0.274 e. The Morgan fingerprint density at radius 3 is 2.73 bits per heavy atom. The quantitative estimate of drug-likeness (QED) is 0.651. The summed E-state index contributed by atoms with van der Waals surface area (Å²) in [6.45, 7) is 4.72. The second-order valence-corrected chi connectivity index (χ2v) is 8.45. The lowest BCUT2D eigenvalue weighted by atomic mass is 10.1. The van der Waals surface area contributed by atoms with E-state index < -0.39 is 0 Å². The molecule has 0 unspecified atom stereocenters. The maximum atomic E-state index is 13.5. The van der Waals surface area contributed by atoms with Crippen LogP contribution in [0.1, 0.15) is 35.0 Å². The van der Waals surface area contributed by atoms with E-state index in [1.54, 1.807) is 39.7 Å². The van der Waals surface area contributed by atoms with Gasteiger partial charge < -0.3 is 19.8 Å². The van der Waals surface area contributed by atoms with E-state index in [0.717, 1.165) is 36.3 Å². The summed E-state index contributed by atoms with van der Waals surface area (Å²) in [5, 5.41) is 13.6. The van der Waals surface area contributed by atoms with E-state index in [9.17, 15) is 14.7 Å². The fourth-order valence-corrected chi connectivity index (χ4v) is 4.16. The highest BCUT2D eigenvalue weighted by Gasteiger charge is 2.24. The zero-order valence-electron chi connectivity index (χ0n) is 19.1. The minimum Gasteiger partial charge on any atom is -0.396 e. The lowest BCUT2D eigenvalue weighted by molar-refractivity contribution is -0.116. The second kappa shape index (κ2) is 10.1. The number of carbonyl (C=O) groups excluding carboxylic acids is 2. The average molecular weight is 451 g/mol. The summed E-state index contributed by atoms with van der Waals surface area (Å²) in [5.74, 6) is -0.187. The monoisotopic (exact) mass is 450 g/mol. The van der Waals surface area contributed by atoms with Crippen molar-refractivity contribution < 1.29 is 14.7 Å². The first kappa shape index (κ1) is 22.9. The minimum atomic E-state index is -0.180. The zero-order valence-corrected chi connectivity index (χ0v) is 19.1. The lowest BCUT2D eigenvalue weighted by Gasteiger charge is -2.27. The Morgan fingerprint density at radius 1 is 1.12 bits per heavy atom. The minimum absolute atomic E-state index is 0.00710. The van der Waals surface area contributed by atoms with E-state index >= 15 is 0 Å². The Bertz CT molecular complexity index is 1140. The van der Waals surface area contributed by atoms with Gasteiger partial charge in [0.25, 0.3) is 5.91 Å². The molecule has 9 heteroatoms. The third kappa shape index (κ3) is 5.20. The van der Waals surface area contributed by atoms with Gasteiger partial charge in [-0.1, -0.05) is 18.2 Å². The number of likely N-dealkylation sites (N-methyl/N-ethyl adjacent to an activating group) is 1. The van der Waals surface area contributed by atoms with Gasteiger partial charge >= 0.3 is 0 Å². The lowest BCUT2D eigenvalue weighted by Crippen LogP contribution is -2.37. The van der Waals surface area contributed by atoms with E-state index in [-0.39, 0.29) is 18.4 Å². The Labute approximate surface area is 193 Å². The van der Waals surface area contributed by atoms with Crippen molar-refractivity contribution >= 4 is 23.1 Å². The molecule has 0 saturated heterocycles. The van der Waals surface area contributed by atoms with E-state index in [2.05, 4.69) is 15.0 Å². The van der Waals surface area contributed by atoms with Crippen molar-refractivity contribution in [3.8, 4) is 0 Å². The molecule has 1 aliphatic rings. The van der Waals surface area contributed by atoms with Crippen LogP contribution in [0.2, 0.25) is 0 Å². The highest BCUT2D eigenvalue weighted by atomic mass is 16.3. The number of amides is 2. The van der Waals surface area contributed by atoms with Crippen LogP contribution in [0.5, 0.6) is 0 Å². The van der Waals surface area contributed by atoms with Crippen molar-refractivity contribution in [1.82, 2.24) is 24.4 Å². The summed E-state index contributed by atoms with van der Waals surface area (Å²) in [6, 6.07) is 9.46. The molecule has 1 aromatic carbocycles. The second-order valence-electron chi connectivity index (χ2n) is 8.45. The number of aliphatic hydroxyl groups excluding tert-OH is 1. The molecule has 3 aromatic rings. The molecule has 4 rings (SSSR count). The third-order valence-corrected chi connectivity index (χ3v) is 5.97. The number of aromatic nitrogens is 3. The Morgan fingerprint density at radius 2 is 1.94 bits per heavy atom. The number of hydrogen-bond donors (Lipinski definition) is 1. The van der Waals surface area contributed by atoms with Gasteiger partial charge in [-0.25, -0.2) is 9.50 Å². The van der Waals surface area contributed by atoms with Gasteiger partial charge in [0.15, 0.2) is 11.3 Å². The van der Waals surface area contributed by atoms with Gasteiger partial charge in [-0.05, 0) is 43.6 Å². The SMILES string of the molecule is CC(=O)N1CCCN(C)CCN(C(=O)c2cc3ncc(CCO)cn3n2)Cc2ccccc21. The number of fused-ring (bicyclic) bond motifs is 2. The van der Waals surface area contributed by atoms with E-state index in [1.807, 2.05) is 31.3 Å². The van der Waals surface area contributed by atoms with Gasteiger partial charge in [-0.15, -0.1) is 0 Å². The predicted molar refractivity (Wildman–Crippen MR) is 125 cm³/mol. The molecule has 1 aliphatic heterocycles. The summed E-state index contributed by atoms with van der Waals surface area (Å²) >= 11 is 0. The van der Waals surface area contributed by atoms with Crippen LogP contribution < -0.4 is 4.90 Å². The van der Waals surface area contributed by atoms with Gasteiger partial charge in [-0.3, -0.25) is 9.59 Å². The molecule has 0 atom stereocenters. The van der Waals surface area contributed by atoms with E-state index in [0.29, 0.717) is 37.4 Å². The van der Waals surface area contributed by atoms with Gasteiger partial charge in [0, 0.05) is 63.9 Å². The summed E-state index contributed by atoms with van der Waals surface area (Å²) < 4.78 is 1.59. The van der Waals surface area contributed by atoms with Crippen molar-refractivity contribution in [3.05, 3.63) is 59.5 Å². The molecule has 9 nitrogen and oxygen atoms in total. The first-order chi connectivity index (χ1) is 16.0. The number of para-hydroxylation sites is 1. The summed E-state index contributed by atoms with van der Waals surface area (Å²) in [5.41, 5.74) is 3.53. The fourth-order valence-electron chi connectivity index (χ4n) is 4.16. The van der Waals surface area contributed by atoms with E-state index in [1.165, 1.54) is 0 Å². The molecule has 0 saturated carbocycles. The molecule has 0 aliphatic carbocycles. The van der Waals surface area contributed by atoms with Crippen molar-refractivity contribution in [1.29, 1.82) is 0 Å². The molecule has 3 heterocycles.